The maximum atomic E-state index is 12.4. The van der Waals surface area contributed by atoms with Crippen molar-refractivity contribution >= 4 is 19.9 Å². The minimum atomic E-state index is -3.69. The SMILES string of the molecule is CCOP(=O)(OCC)C(C(=O)NC)N(C)C=O. The molecule has 0 aliphatic heterocycles. The molecule has 17 heavy (non-hydrogen) atoms. The van der Waals surface area contributed by atoms with Gasteiger partial charge in [-0.3, -0.25) is 14.2 Å². The average molecular weight is 266 g/mol. The minimum absolute atomic E-state index is 0.122. The summed E-state index contributed by atoms with van der Waals surface area (Å²) in [4.78, 5) is 23.4. The second-order valence-corrected chi connectivity index (χ2v) is 5.22. The van der Waals surface area contributed by atoms with Gasteiger partial charge in [0.2, 0.25) is 12.2 Å². The quantitative estimate of drug-likeness (QED) is 0.508. The summed E-state index contributed by atoms with van der Waals surface area (Å²) in [6, 6.07) is 0. The van der Waals surface area contributed by atoms with Crippen molar-refractivity contribution in [3.05, 3.63) is 0 Å². The van der Waals surface area contributed by atoms with Crippen molar-refractivity contribution < 1.29 is 23.2 Å². The molecule has 0 aromatic carbocycles. The molecule has 0 bridgehead atoms. The fourth-order valence-corrected chi connectivity index (χ4v) is 3.27. The summed E-state index contributed by atoms with van der Waals surface area (Å²) in [5, 5.41) is 2.33. The molecule has 8 heteroatoms. The van der Waals surface area contributed by atoms with Gasteiger partial charge in [0, 0.05) is 14.1 Å². The van der Waals surface area contributed by atoms with E-state index >= 15 is 0 Å². The smallest absolute Gasteiger partial charge is 0.357 e. The van der Waals surface area contributed by atoms with Crippen molar-refractivity contribution in [2.45, 2.75) is 19.6 Å². The largest absolute Gasteiger partial charge is 0.362 e. The molecule has 1 unspecified atom stereocenters. The van der Waals surface area contributed by atoms with E-state index in [4.69, 9.17) is 9.05 Å². The zero-order chi connectivity index (χ0) is 13.5. The Morgan fingerprint density at radius 3 is 2.18 bits per heavy atom. The molecule has 0 saturated heterocycles. The van der Waals surface area contributed by atoms with Gasteiger partial charge >= 0.3 is 7.60 Å². The van der Waals surface area contributed by atoms with E-state index in [-0.39, 0.29) is 13.2 Å². The molecule has 1 atom stereocenters. The lowest BCUT2D eigenvalue weighted by Gasteiger charge is -2.29. The number of nitrogens with zero attached hydrogens (tertiary/aromatic N) is 1. The van der Waals surface area contributed by atoms with E-state index in [9.17, 15) is 14.2 Å². The van der Waals surface area contributed by atoms with Gasteiger partial charge in [0.25, 0.3) is 5.91 Å². The van der Waals surface area contributed by atoms with Gasteiger partial charge < -0.3 is 19.3 Å². The van der Waals surface area contributed by atoms with Crippen molar-refractivity contribution in [2.24, 2.45) is 0 Å². The van der Waals surface area contributed by atoms with E-state index in [0.717, 1.165) is 4.90 Å². The number of amides is 2. The molecule has 0 radical (unpaired) electrons. The normalized spacial score (nSPS) is 12.9. The first-order chi connectivity index (χ1) is 7.96. The van der Waals surface area contributed by atoms with Crippen molar-refractivity contribution in [1.29, 1.82) is 0 Å². The van der Waals surface area contributed by atoms with E-state index < -0.39 is 19.3 Å². The Labute approximate surface area is 101 Å². The summed E-state index contributed by atoms with van der Waals surface area (Å²) in [7, 11) is -0.962. The lowest BCUT2D eigenvalue weighted by Crippen LogP contribution is -2.44. The van der Waals surface area contributed by atoms with Gasteiger partial charge in [-0.1, -0.05) is 0 Å². The summed E-state index contributed by atoms with van der Waals surface area (Å²) in [6.45, 7) is 3.51. The van der Waals surface area contributed by atoms with Crippen LogP contribution >= 0.6 is 7.60 Å². The Balaban J connectivity index is 5.27. The Morgan fingerprint density at radius 1 is 1.41 bits per heavy atom. The molecule has 0 aromatic heterocycles. The van der Waals surface area contributed by atoms with E-state index in [2.05, 4.69) is 5.32 Å². The van der Waals surface area contributed by atoms with E-state index in [0.29, 0.717) is 6.41 Å². The molecule has 0 heterocycles. The molecule has 0 fully saturated rings. The molecular weight excluding hydrogens is 247 g/mol. The third-order valence-corrected chi connectivity index (χ3v) is 4.38. The number of likely N-dealkylation sites (N-methyl/N-ethyl adjacent to an activating group) is 2. The summed E-state index contributed by atoms with van der Waals surface area (Å²) in [5.74, 6) is -1.87. The summed E-state index contributed by atoms with van der Waals surface area (Å²) < 4.78 is 22.5. The van der Waals surface area contributed by atoms with Crippen molar-refractivity contribution in [3.8, 4) is 0 Å². The Morgan fingerprint density at radius 2 is 1.88 bits per heavy atom. The molecule has 0 aromatic rings. The number of hydrogen-bond acceptors (Lipinski definition) is 5. The van der Waals surface area contributed by atoms with Gasteiger partial charge in [0.15, 0.2) is 0 Å². The standard InChI is InChI=1S/C9H19N2O5P/c1-5-15-17(14,16-6-2)9(8(13)10-3)11(4)7-12/h7,9H,5-6H2,1-4H3,(H,10,13). The van der Waals surface area contributed by atoms with Crippen LogP contribution in [0.25, 0.3) is 0 Å². The topological polar surface area (TPSA) is 84.9 Å². The van der Waals surface area contributed by atoms with Crippen LogP contribution in [0.3, 0.4) is 0 Å². The molecule has 1 N–H and O–H groups in total. The van der Waals surface area contributed by atoms with E-state index in [1.807, 2.05) is 0 Å². The van der Waals surface area contributed by atoms with Gasteiger partial charge in [-0.2, -0.15) is 0 Å². The molecule has 2 amide bonds. The van der Waals surface area contributed by atoms with Crippen LogP contribution < -0.4 is 5.32 Å². The van der Waals surface area contributed by atoms with Crippen LogP contribution in [-0.2, 0) is 23.2 Å². The second kappa shape index (κ2) is 7.42. The van der Waals surface area contributed by atoms with Gasteiger partial charge in [-0.05, 0) is 13.8 Å². The Hall–Kier alpha value is -0.910. The maximum absolute atomic E-state index is 12.4. The van der Waals surface area contributed by atoms with Crippen LogP contribution in [0.4, 0.5) is 0 Å². The van der Waals surface area contributed by atoms with Crippen molar-refractivity contribution in [1.82, 2.24) is 10.2 Å². The molecule has 0 aliphatic carbocycles. The van der Waals surface area contributed by atoms with Gasteiger partial charge in [0.1, 0.15) is 0 Å². The minimum Gasteiger partial charge on any atom is -0.357 e. The van der Waals surface area contributed by atoms with Crippen molar-refractivity contribution in [2.75, 3.05) is 27.3 Å². The van der Waals surface area contributed by atoms with Crippen molar-refractivity contribution in [3.63, 3.8) is 0 Å². The Kier molecular flexibility index (Phi) is 7.03. The van der Waals surface area contributed by atoms with E-state index in [1.165, 1.54) is 14.1 Å². The predicted molar refractivity (Wildman–Crippen MR) is 62.5 cm³/mol. The number of carbonyl (C=O) groups is 2. The highest BCUT2D eigenvalue weighted by molar-refractivity contribution is 7.55. The van der Waals surface area contributed by atoms with E-state index in [1.54, 1.807) is 13.8 Å². The Bertz CT molecular complexity index is 300. The maximum Gasteiger partial charge on any atom is 0.362 e. The van der Waals surface area contributed by atoms with Crippen LogP contribution in [0.2, 0.25) is 0 Å². The molecule has 0 saturated carbocycles. The lowest BCUT2D eigenvalue weighted by atomic mass is 10.5. The van der Waals surface area contributed by atoms with Gasteiger partial charge in [-0.25, -0.2) is 0 Å². The number of hydrogen-bond donors (Lipinski definition) is 1. The highest BCUT2D eigenvalue weighted by Crippen LogP contribution is 2.53. The molecule has 100 valence electrons. The van der Waals surface area contributed by atoms with Crippen LogP contribution in [0, 0.1) is 0 Å². The highest BCUT2D eigenvalue weighted by atomic mass is 31.2. The first kappa shape index (κ1) is 16.1. The van der Waals surface area contributed by atoms with Crippen LogP contribution in [0.5, 0.6) is 0 Å². The summed E-state index contributed by atoms with van der Waals surface area (Å²) >= 11 is 0. The molecule has 7 nitrogen and oxygen atoms in total. The zero-order valence-electron chi connectivity index (χ0n) is 10.5. The van der Waals surface area contributed by atoms with Gasteiger partial charge in [0.05, 0.1) is 13.2 Å². The molecule has 0 aliphatic rings. The number of nitrogens with one attached hydrogen (secondary N) is 1. The van der Waals surface area contributed by atoms with Gasteiger partial charge in [-0.15, -0.1) is 0 Å². The third-order valence-electron chi connectivity index (χ3n) is 1.95. The number of rotatable bonds is 8. The fraction of sp³-hybridized carbons (Fsp3) is 0.778. The monoisotopic (exact) mass is 266 g/mol. The lowest BCUT2D eigenvalue weighted by molar-refractivity contribution is -0.129. The summed E-state index contributed by atoms with van der Waals surface area (Å²) in [5.41, 5.74) is 0. The third kappa shape index (κ3) is 4.11. The molecule has 0 spiro atoms. The fourth-order valence-electron chi connectivity index (χ4n) is 1.28. The highest BCUT2D eigenvalue weighted by Gasteiger charge is 2.43. The first-order valence-corrected chi connectivity index (χ1v) is 6.85. The molecule has 0 rings (SSSR count). The second-order valence-electron chi connectivity index (χ2n) is 3.13. The molecular formula is C9H19N2O5P. The van der Waals surface area contributed by atoms with Crippen LogP contribution in [0.15, 0.2) is 0 Å². The van der Waals surface area contributed by atoms with Crippen LogP contribution in [0.1, 0.15) is 13.8 Å². The summed E-state index contributed by atoms with van der Waals surface area (Å²) in [6.07, 6.45) is 0.407. The predicted octanol–water partition coefficient (Wildman–Crippen LogP) is 0.413. The van der Waals surface area contributed by atoms with Crippen LogP contribution in [-0.4, -0.2) is 50.3 Å². The zero-order valence-corrected chi connectivity index (χ0v) is 11.4. The average Bonchev–Trinajstić information content (AvgIpc) is 2.29. The first-order valence-electron chi connectivity index (χ1n) is 5.24. The number of carbonyl (C=O) groups excluding carboxylic acids is 2.